The first-order chi connectivity index (χ1) is 8.20. The number of carbonyl (C=O) groups excluding carboxylic acids is 1. The van der Waals surface area contributed by atoms with Gasteiger partial charge >= 0.3 is 5.97 Å². The largest absolute Gasteiger partial charge is 0.508 e. The van der Waals surface area contributed by atoms with Gasteiger partial charge in [-0.1, -0.05) is 12.1 Å². The number of esters is 1. The van der Waals surface area contributed by atoms with Crippen molar-refractivity contribution in [2.24, 2.45) is 0 Å². The highest BCUT2D eigenvalue weighted by atomic mass is 16.5. The Hall–Kier alpha value is -1.55. The third-order valence-corrected chi connectivity index (χ3v) is 3.01. The Bertz CT molecular complexity index is 388. The normalized spacial score (nSPS) is 23.6. The zero-order chi connectivity index (χ0) is 12.3. The first-order valence-electron chi connectivity index (χ1n) is 5.92. The fourth-order valence-corrected chi connectivity index (χ4v) is 2.14. The highest BCUT2D eigenvalue weighted by Gasteiger charge is 2.30. The van der Waals surface area contributed by atoms with Crippen LogP contribution in [0.25, 0.3) is 0 Å². The summed E-state index contributed by atoms with van der Waals surface area (Å²) >= 11 is 0. The number of carbonyl (C=O) groups is 1. The van der Waals surface area contributed by atoms with Gasteiger partial charge in [0.2, 0.25) is 0 Å². The number of rotatable bonds is 3. The molecular weight excluding hydrogens is 218 g/mol. The van der Waals surface area contributed by atoms with Gasteiger partial charge in [0, 0.05) is 6.04 Å². The van der Waals surface area contributed by atoms with E-state index in [0.717, 1.165) is 18.4 Å². The van der Waals surface area contributed by atoms with Crippen LogP contribution in [0.1, 0.15) is 31.4 Å². The monoisotopic (exact) mass is 235 g/mol. The van der Waals surface area contributed by atoms with Crippen LogP contribution in [0.15, 0.2) is 24.3 Å². The molecule has 0 radical (unpaired) electrons. The number of phenolic OH excluding ortho intramolecular Hbond substituents is 1. The molecule has 4 nitrogen and oxygen atoms in total. The van der Waals surface area contributed by atoms with Crippen LogP contribution in [0.5, 0.6) is 5.75 Å². The molecule has 1 saturated heterocycles. The fourth-order valence-electron chi connectivity index (χ4n) is 2.14. The van der Waals surface area contributed by atoms with E-state index in [-0.39, 0.29) is 23.8 Å². The van der Waals surface area contributed by atoms with Gasteiger partial charge in [-0.25, -0.2) is 0 Å². The van der Waals surface area contributed by atoms with E-state index < -0.39 is 0 Å². The zero-order valence-electron chi connectivity index (χ0n) is 9.85. The molecule has 1 fully saturated rings. The predicted octanol–water partition coefficient (Wildman–Crippen LogP) is 1.75. The molecule has 1 aromatic carbocycles. The lowest BCUT2D eigenvalue weighted by Gasteiger charge is -2.13. The van der Waals surface area contributed by atoms with Crippen LogP contribution in [0.4, 0.5) is 0 Å². The number of phenols is 1. The van der Waals surface area contributed by atoms with Gasteiger partial charge in [0.1, 0.15) is 11.8 Å². The van der Waals surface area contributed by atoms with Gasteiger partial charge in [-0.15, -0.1) is 0 Å². The minimum Gasteiger partial charge on any atom is -0.508 e. The molecule has 2 N–H and O–H groups in total. The summed E-state index contributed by atoms with van der Waals surface area (Å²) in [6.45, 7) is 2.23. The van der Waals surface area contributed by atoms with Gasteiger partial charge in [-0.05, 0) is 37.5 Å². The number of aromatic hydroxyl groups is 1. The molecule has 2 unspecified atom stereocenters. The van der Waals surface area contributed by atoms with E-state index in [0.29, 0.717) is 6.61 Å². The Morgan fingerprint density at radius 1 is 1.41 bits per heavy atom. The quantitative estimate of drug-likeness (QED) is 0.784. The van der Waals surface area contributed by atoms with E-state index in [1.807, 2.05) is 19.1 Å². The maximum atomic E-state index is 11.6. The molecule has 4 heteroatoms. The summed E-state index contributed by atoms with van der Waals surface area (Å²) in [5.74, 6) is 0.0856. The summed E-state index contributed by atoms with van der Waals surface area (Å²) in [5.41, 5.74) is 1.09. The number of benzene rings is 1. The number of nitrogens with one attached hydrogen (secondary N) is 1. The van der Waals surface area contributed by atoms with Gasteiger partial charge in [-0.3, -0.25) is 10.1 Å². The summed E-state index contributed by atoms with van der Waals surface area (Å²) < 4.78 is 4.99. The molecule has 0 spiro atoms. The first kappa shape index (κ1) is 11.9. The smallest absolute Gasteiger partial charge is 0.323 e. The summed E-state index contributed by atoms with van der Waals surface area (Å²) in [6, 6.07) is 7.04. The fraction of sp³-hybridized carbons (Fsp3) is 0.462. The number of hydrogen-bond acceptors (Lipinski definition) is 4. The van der Waals surface area contributed by atoms with Gasteiger partial charge in [0.15, 0.2) is 0 Å². The van der Waals surface area contributed by atoms with Crippen molar-refractivity contribution >= 4 is 5.97 Å². The average Bonchev–Trinajstić information content (AvgIpc) is 2.80. The SMILES string of the molecule is CCOC(=O)C1CCC(c2ccc(O)cc2)N1. The Kier molecular flexibility index (Phi) is 3.64. The minimum atomic E-state index is -0.200. The highest BCUT2D eigenvalue weighted by molar-refractivity contribution is 5.76. The van der Waals surface area contributed by atoms with Crippen LogP contribution < -0.4 is 5.32 Å². The summed E-state index contributed by atoms with van der Waals surface area (Å²) in [4.78, 5) is 11.6. The van der Waals surface area contributed by atoms with Crippen molar-refractivity contribution in [2.45, 2.75) is 31.8 Å². The molecule has 0 aliphatic carbocycles. The lowest BCUT2D eigenvalue weighted by molar-refractivity contribution is -0.145. The van der Waals surface area contributed by atoms with Crippen molar-refractivity contribution < 1.29 is 14.6 Å². The van der Waals surface area contributed by atoms with Gasteiger partial charge in [-0.2, -0.15) is 0 Å². The van der Waals surface area contributed by atoms with Gasteiger partial charge in [0.05, 0.1) is 6.61 Å². The van der Waals surface area contributed by atoms with E-state index in [4.69, 9.17) is 4.74 Å². The van der Waals surface area contributed by atoms with Crippen LogP contribution in [-0.2, 0) is 9.53 Å². The standard InChI is InChI=1S/C13H17NO3/c1-2-17-13(16)12-8-7-11(14-12)9-3-5-10(15)6-4-9/h3-6,11-12,14-15H,2,7-8H2,1H3. The predicted molar refractivity (Wildman–Crippen MR) is 63.6 cm³/mol. The lowest BCUT2D eigenvalue weighted by atomic mass is 10.1. The second kappa shape index (κ2) is 5.19. The maximum absolute atomic E-state index is 11.6. The molecule has 1 aromatic rings. The highest BCUT2D eigenvalue weighted by Crippen LogP contribution is 2.27. The van der Waals surface area contributed by atoms with Gasteiger partial charge < -0.3 is 9.84 Å². The molecule has 1 aliphatic rings. The molecule has 92 valence electrons. The van der Waals surface area contributed by atoms with Crippen LogP contribution in [0, 0.1) is 0 Å². The average molecular weight is 235 g/mol. The third kappa shape index (κ3) is 2.77. The molecule has 2 rings (SSSR count). The van der Waals surface area contributed by atoms with Crippen molar-refractivity contribution in [2.75, 3.05) is 6.61 Å². The van der Waals surface area contributed by atoms with E-state index in [1.54, 1.807) is 12.1 Å². The molecule has 0 saturated carbocycles. The van der Waals surface area contributed by atoms with Crippen LogP contribution in [0.3, 0.4) is 0 Å². The molecule has 0 bridgehead atoms. The molecular formula is C13H17NO3. The summed E-state index contributed by atoms with van der Waals surface area (Å²) in [5, 5.41) is 12.5. The second-order valence-corrected chi connectivity index (χ2v) is 4.19. The molecule has 17 heavy (non-hydrogen) atoms. The van der Waals surface area contributed by atoms with Crippen LogP contribution in [-0.4, -0.2) is 23.7 Å². The molecule has 1 aliphatic heterocycles. The van der Waals surface area contributed by atoms with E-state index in [1.165, 1.54) is 0 Å². The summed E-state index contributed by atoms with van der Waals surface area (Å²) in [6.07, 6.45) is 1.71. The second-order valence-electron chi connectivity index (χ2n) is 4.19. The van der Waals surface area contributed by atoms with Gasteiger partial charge in [0.25, 0.3) is 0 Å². The molecule has 1 heterocycles. The molecule has 0 amide bonds. The number of ether oxygens (including phenoxy) is 1. The Balaban J connectivity index is 1.98. The summed E-state index contributed by atoms with van der Waals surface area (Å²) in [7, 11) is 0. The van der Waals surface area contributed by atoms with E-state index >= 15 is 0 Å². The van der Waals surface area contributed by atoms with Crippen molar-refractivity contribution in [1.82, 2.24) is 5.32 Å². The van der Waals surface area contributed by atoms with Crippen LogP contribution >= 0.6 is 0 Å². The Morgan fingerprint density at radius 2 is 2.12 bits per heavy atom. The lowest BCUT2D eigenvalue weighted by Crippen LogP contribution is -2.33. The van der Waals surface area contributed by atoms with E-state index in [9.17, 15) is 9.90 Å². The van der Waals surface area contributed by atoms with Crippen LogP contribution in [0.2, 0.25) is 0 Å². The Morgan fingerprint density at radius 3 is 2.76 bits per heavy atom. The van der Waals surface area contributed by atoms with E-state index in [2.05, 4.69) is 5.32 Å². The topological polar surface area (TPSA) is 58.6 Å². The van der Waals surface area contributed by atoms with Crippen molar-refractivity contribution in [3.63, 3.8) is 0 Å². The van der Waals surface area contributed by atoms with Crippen molar-refractivity contribution in [3.8, 4) is 5.75 Å². The Labute approximate surface area is 101 Å². The molecule has 0 aromatic heterocycles. The zero-order valence-corrected chi connectivity index (χ0v) is 9.85. The minimum absolute atomic E-state index is 0.171. The van der Waals surface area contributed by atoms with Crippen molar-refractivity contribution in [1.29, 1.82) is 0 Å². The third-order valence-electron chi connectivity index (χ3n) is 3.01. The first-order valence-corrected chi connectivity index (χ1v) is 5.92. The maximum Gasteiger partial charge on any atom is 0.323 e. The van der Waals surface area contributed by atoms with Crippen molar-refractivity contribution in [3.05, 3.63) is 29.8 Å². The number of hydrogen-bond donors (Lipinski definition) is 2. The molecule has 2 atom stereocenters.